The largest absolute Gasteiger partial charge is 0.493 e. The Hall–Kier alpha value is -3.61. The van der Waals surface area contributed by atoms with Crippen molar-refractivity contribution in [1.29, 1.82) is 0 Å². The molecular formula is C22H24N4O3. The molecule has 2 aromatic heterocycles. The lowest BCUT2D eigenvalue weighted by atomic mass is 10.2. The highest BCUT2D eigenvalue weighted by atomic mass is 16.5. The van der Waals surface area contributed by atoms with Gasteiger partial charge >= 0.3 is 0 Å². The van der Waals surface area contributed by atoms with E-state index in [1.54, 1.807) is 50.8 Å². The second kappa shape index (κ2) is 9.54. The molecule has 3 rings (SSSR count). The van der Waals surface area contributed by atoms with E-state index >= 15 is 0 Å². The minimum Gasteiger partial charge on any atom is -0.493 e. The van der Waals surface area contributed by atoms with Crippen LogP contribution < -0.4 is 14.8 Å². The normalized spacial score (nSPS) is 10.3. The molecule has 0 bridgehead atoms. The fourth-order valence-corrected chi connectivity index (χ4v) is 2.82. The Kier molecular flexibility index (Phi) is 6.63. The maximum Gasteiger partial charge on any atom is 0.272 e. The number of nitrogens with zero attached hydrogens (tertiary/aromatic N) is 3. The molecule has 3 aromatic rings. The molecule has 0 aliphatic carbocycles. The molecule has 0 aliphatic rings. The molecule has 0 saturated heterocycles. The van der Waals surface area contributed by atoms with E-state index < -0.39 is 0 Å². The molecule has 0 fully saturated rings. The first kappa shape index (κ1) is 20.1. The molecule has 150 valence electrons. The van der Waals surface area contributed by atoms with E-state index in [1.165, 1.54) is 0 Å². The van der Waals surface area contributed by atoms with Crippen LogP contribution in [0.1, 0.15) is 16.1 Å². The summed E-state index contributed by atoms with van der Waals surface area (Å²) in [5, 5.41) is 3.24. The lowest BCUT2D eigenvalue weighted by molar-refractivity contribution is 0.0791. The number of likely N-dealkylation sites (N-methyl/N-ethyl adjacent to an activating group) is 1. The van der Waals surface area contributed by atoms with E-state index in [1.807, 2.05) is 36.4 Å². The highest BCUT2D eigenvalue weighted by Crippen LogP contribution is 2.31. The summed E-state index contributed by atoms with van der Waals surface area (Å²) >= 11 is 0. The van der Waals surface area contributed by atoms with Crippen molar-refractivity contribution in [3.8, 4) is 11.5 Å². The van der Waals surface area contributed by atoms with Crippen molar-refractivity contribution < 1.29 is 14.3 Å². The summed E-state index contributed by atoms with van der Waals surface area (Å²) in [6.07, 6.45) is 5.91. The van der Waals surface area contributed by atoms with Crippen molar-refractivity contribution >= 4 is 17.3 Å². The van der Waals surface area contributed by atoms with Gasteiger partial charge in [-0.2, -0.15) is 0 Å². The average Bonchev–Trinajstić information content (AvgIpc) is 2.78. The summed E-state index contributed by atoms with van der Waals surface area (Å²) in [4.78, 5) is 22.6. The van der Waals surface area contributed by atoms with Gasteiger partial charge in [0.15, 0.2) is 11.5 Å². The van der Waals surface area contributed by atoms with E-state index in [4.69, 9.17) is 9.47 Å². The van der Waals surface area contributed by atoms with Crippen LogP contribution in [0.4, 0.5) is 11.4 Å². The van der Waals surface area contributed by atoms with Crippen molar-refractivity contribution in [1.82, 2.24) is 14.9 Å². The second-order valence-corrected chi connectivity index (χ2v) is 6.46. The fourth-order valence-electron chi connectivity index (χ4n) is 2.82. The Labute approximate surface area is 170 Å². The molecule has 0 saturated carbocycles. The maximum atomic E-state index is 12.6. The topological polar surface area (TPSA) is 76.6 Å². The van der Waals surface area contributed by atoms with Crippen molar-refractivity contribution in [2.24, 2.45) is 0 Å². The highest BCUT2D eigenvalue weighted by molar-refractivity contribution is 5.92. The Balaban J connectivity index is 1.61. The van der Waals surface area contributed by atoms with Crippen LogP contribution in [-0.4, -0.2) is 48.6 Å². The number of hydrogen-bond donors (Lipinski definition) is 1. The molecule has 1 N–H and O–H groups in total. The molecule has 7 heteroatoms. The number of carbonyl (C=O) groups is 1. The highest BCUT2D eigenvalue weighted by Gasteiger charge is 2.13. The third kappa shape index (κ3) is 5.22. The number of methoxy groups -OCH3 is 2. The lowest BCUT2D eigenvalue weighted by Gasteiger charge is -2.17. The van der Waals surface area contributed by atoms with Gasteiger partial charge in [-0.05, 0) is 48.4 Å². The second-order valence-electron chi connectivity index (χ2n) is 6.46. The number of aromatic nitrogens is 2. The van der Waals surface area contributed by atoms with Crippen LogP contribution in [0.15, 0.2) is 61.1 Å². The number of amides is 1. The SMILES string of the molecule is COc1ccc(Nc2ccc(C(=O)N(C)CCc3ccncc3)nc2)cc1OC. The first-order valence-corrected chi connectivity index (χ1v) is 9.20. The smallest absolute Gasteiger partial charge is 0.272 e. The van der Waals surface area contributed by atoms with Crippen LogP contribution in [0.3, 0.4) is 0 Å². The minimum absolute atomic E-state index is 0.114. The number of carbonyl (C=O) groups excluding carboxylic acids is 1. The summed E-state index contributed by atoms with van der Waals surface area (Å²) in [5.74, 6) is 1.18. The van der Waals surface area contributed by atoms with Crippen molar-refractivity contribution in [2.75, 3.05) is 33.1 Å². The Morgan fingerprint density at radius 1 is 1.00 bits per heavy atom. The van der Waals surface area contributed by atoms with Gasteiger partial charge in [0.2, 0.25) is 0 Å². The number of nitrogens with one attached hydrogen (secondary N) is 1. The van der Waals surface area contributed by atoms with Crippen LogP contribution in [0.5, 0.6) is 11.5 Å². The van der Waals surface area contributed by atoms with E-state index in [0.717, 1.165) is 23.4 Å². The summed E-state index contributed by atoms with van der Waals surface area (Å²) < 4.78 is 10.6. The fraction of sp³-hybridized carbons (Fsp3) is 0.227. The number of hydrogen-bond acceptors (Lipinski definition) is 6. The third-order valence-corrected chi connectivity index (χ3v) is 4.49. The van der Waals surface area contributed by atoms with Gasteiger partial charge < -0.3 is 19.7 Å². The Bertz CT molecular complexity index is 946. The zero-order chi connectivity index (χ0) is 20.6. The van der Waals surface area contributed by atoms with E-state index in [2.05, 4.69) is 15.3 Å². The number of benzene rings is 1. The summed E-state index contributed by atoms with van der Waals surface area (Å²) in [5.41, 5.74) is 3.15. The minimum atomic E-state index is -0.114. The van der Waals surface area contributed by atoms with Gasteiger partial charge in [0.25, 0.3) is 5.91 Å². The lowest BCUT2D eigenvalue weighted by Crippen LogP contribution is -2.29. The molecule has 2 heterocycles. The zero-order valence-electron chi connectivity index (χ0n) is 16.8. The predicted molar refractivity (Wildman–Crippen MR) is 112 cm³/mol. The monoisotopic (exact) mass is 392 g/mol. The zero-order valence-corrected chi connectivity index (χ0v) is 16.8. The average molecular weight is 392 g/mol. The van der Waals surface area contributed by atoms with Gasteiger partial charge in [0, 0.05) is 37.7 Å². The van der Waals surface area contributed by atoms with E-state index in [-0.39, 0.29) is 5.91 Å². The number of anilines is 2. The van der Waals surface area contributed by atoms with E-state index in [9.17, 15) is 4.79 Å². The van der Waals surface area contributed by atoms with Crippen molar-refractivity contribution in [3.05, 3.63) is 72.3 Å². The molecular weight excluding hydrogens is 368 g/mol. The number of rotatable bonds is 8. The molecule has 1 aromatic carbocycles. The van der Waals surface area contributed by atoms with Gasteiger partial charge in [0.05, 0.1) is 26.1 Å². The molecule has 0 atom stereocenters. The van der Waals surface area contributed by atoms with Crippen LogP contribution in [-0.2, 0) is 6.42 Å². The van der Waals surface area contributed by atoms with Gasteiger partial charge in [-0.15, -0.1) is 0 Å². The van der Waals surface area contributed by atoms with Crippen LogP contribution in [0.2, 0.25) is 0 Å². The van der Waals surface area contributed by atoms with Crippen LogP contribution in [0.25, 0.3) is 0 Å². The molecule has 7 nitrogen and oxygen atoms in total. The standard InChI is InChI=1S/C22H24N4O3/c1-26(13-10-16-8-11-23-12-9-16)22(27)19-6-4-18(15-24-19)25-17-5-7-20(28-2)21(14-17)29-3/h4-9,11-12,14-15,25H,10,13H2,1-3H3. The van der Waals surface area contributed by atoms with Gasteiger partial charge in [-0.1, -0.05) is 0 Å². The molecule has 0 spiro atoms. The Morgan fingerprint density at radius 2 is 1.72 bits per heavy atom. The van der Waals surface area contributed by atoms with Gasteiger partial charge in [-0.3, -0.25) is 9.78 Å². The first-order valence-electron chi connectivity index (χ1n) is 9.20. The summed E-state index contributed by atoms with van der Waals surface area (Å²) in [6.45, 7) is 0.607. The van der Waals surface area contributed by atoms with Crippen LogP contribution >= 0.6 is 0 Å². The third-order valence-electron chi connectivity index (χ3n) is 4.49. The maximum absolute atomic E-state index is 12.6. The molecule has 1 amide bonds. The predicted octanol–water partition coefficient (Wildman–Crippen LogP) is 3.55. The molecule has 29 heavy (non-hydrogen) atoms. The summed E-state index contributed by atoms with van der Waals surface area (Å²) in [7, 11) is 4.97. The first-order chi connectivity index (χ1) is 14.1. The van der Waals surface area contributed by atoms with Crippen molar-refractivity contribution in [3.63, 3.8) is 0 Å². The van der Waals surface area contributed by atoms with Crippen LogP contribution in [0, 0.1) is 0 Å². The van der Waals surface area contributed by atoms with E-state index in [0.29, 0.717) is 23.7 Å². The molecule has 0 radical (unpaired) electrons. The van der Waals surface area contributed by atoms with Crippen molar-refractivity contribution in [2.45, 2.75) is 6.42 Å². The quantitative estimate of drug-likeness (QED) is 0.632. The number of pyridine rings is 2. The summed E-state index contributed by atoms with van der Waals surface area (Å²) in [6, 6.07) is 13.0. The number of ether oxygens (including phenoxy) is 2. The molecule has 0 unspecified atom stereocenters. The van der Waals surface area contributed by atoms with Gasteiger partial charge in [0.1, 0.15) is 5.69 Å². The Morgan fingerprint density at radius 3 is 2.38 bits per heavy atom. The molecule has 0 aliphatic heterocycles. The van der Waals surface area contributed by atoms with Gasteiger partial charge in [-0.25, -0.2) is 4.98 Å².